The molecule has 8 heteroatoms. The molecule has 0 unspecified atom stereocenters. The number of aryl methyl sites for hydroxylation is 2. The lowest BCUT2D eigenvalue weighted by molar-refractivity contribution is -0.133. The molecule has 1 N–H and O–H groups in total. The van der Waals surface area contributed by atoms with Gasteiger partial charge in [0.05, 0.1) is 17.1 Å². The molecule has 0 aliphatic carbocycles. The van der Waals surface area contributed by atoms with Crippen LogP contribution in [0.2, 0.25) is 0 Å². The first-order chi connectivity index (χ1) is 9.93. The maximum Gasteiger partial charge on any atom is 0.313 e. The van der Waals surface area contributed by atoms with Crippen molar-refractivity contribution in [2.45, 2.75) is 38.3 Å². The number of thioether (sulfide) groups is 1. The van der Waals surface area contributed by atoms with Crippen molar-refractivity contribution in [3.05, 3.63) is 17.7 Å². The Balaban J connectivity index is 2.52. The summed E-state index contributed by atoms with van der Waals surface area (Å²) in [5.74, 6) is 0.0764. The number of carbonyl (C=O) groups is 1. The Morgan fingerprint density at radius 1 is 1.43 bits per heavy atom. The number of aromatic nitrogens is 5. The lowest BCUT2D eigenvalue weighted by atomic mass is 10.2. The molecular weight excluding hydrogens is 290 g/mol. The van der Waals surface area contributed by atoms with Gasteiger partial charge in [0, 0.05) is 19.2 Å². The van der Waals surface area contributed by atoms with Crippen molar-refractivity contribution in [2.75, 3.05) is 5.75 Å². The number of hydrogen-bond donors (Lipinski definition) is 1. The Bertz CT molecular complexity index is 647. The van der Waals surface area contributed by atoms with Crippen LogP contribution in [0.4, 0.5) is 0 Å². The molecule has 0 aliphatic heterocycles. The molecule has 2 aromatic heterocycles. The van der Waals surface area contributed by atoms with Crippen LogP contribution in [0.3, 0.4) is 0 Å². The standard InChI is InChI=1S/C13H19N5O2S/c1-5-9-10(6-17(4)16-9)18-12(8(2)3)14-15-13(18)21-7-11(19)20/h6,8H,5,7H2,1-4H3,(H,19,20). The average Bonchev–Trinajstić information content (AvgIpc) is 2.98. The van der Waals surface area contributed by atoms with Gasteiger partial charge in [-0.25, -0.2) is 0 Å². The van der Waals surface area contributed by atoms with E-state index in [4.69, 9.17) is 5.11 Å². The molecule has 0 saturated heterocycles. The summed E-state index contributed by atoms with van der Waals surface area (Å²) in [4.78, 5) is 10.8. The minimum absolute atomic E-state index is 0.0437. The van der Waals surface area contributed by atoms with Gasteiger partial charge in [0.15, 0.2) is 5.16 Å². The van der Waals surface area contributed by atoms with Gasteiger partial charge >= 0.3 is 5.97 Å². The number of aliphatic carboxylic acids is 1. The van der Waals surface area contributed by atoms with Crippen LogP contribution in [-0.4, -0.2) is 41.4 Å². The molecule has 114 valence electrons. The summed E-state index contributed by atoms with van der Waals surface area (Å²) in [5, 5.41) is 22.2. The van der Waals surface area contributed by atoms with E-state index >= 15 is 0 Å². The van der Waals surface area contributed by atoms with E-state index in [2.05, 4.69) is 15.3 Å². The van der Waals surface area contributed by atoms with E-state index in [0.717, 1.165) is 23.6 Å². The average molecular weight is 309 g/mol. The molecule has 0 aliphatic rings. The second-order valence-electron chi connectivity index (χ2n) is 5.00. The number of rotatable bonds is 6. The van der Waals surface area contributed by atoms with Crippen molar-refractivity contribution in [3.8, 4) is 5.69 Å². The summed E-state index contributed by atoms with van der Waals surface area (Å²) < 4.78 is 3.67. The van der Waals surface area contributed by atoms with Crippen LogP contribution in [-0.2, 0) is 18.3 Å². The van der Waals surface area contributed by atoms with Crippen molar-refractivity contribution in [1.29, 1.82) is 0 Å². The predicted octanol–water partition coefficient (Wildman–Crippen LogP) is 1.86. The summed E-state index contributed by atoms with van der Waals surface area (Å²) in [6.07, 6.45) is 2.70. The predicted molar refractivity (Wildman–Crippen MR) is 80.0 cm³/mol. The fraction of sp³-hybridized carbons (Fsp3) is 0.538. The van der Waals surface area contributed by atoms with Crippen LogP contribution in [0.15, 0.2) is 11.4 Å². The fourth-order valence-electron chi connectivity index (χ4n) is 2.06. The lowest BCUT2D eigenvalue weighted by Gasteiger charge is -2.11. The minimum atomic E-state index is -0.873. The van der Waals surface area contributed by atoms with E-state index in [1.807, 2.05) is 38.6 Å². The van der Waals surface area contributed by atoms with Crippen LogP contribution >= 0.6 is 11.8 Å². The Hall–Kier alpha value is -1.83. The Labute approximate surface area is 127 Å². The topological polar surface area (TPSA) is 85.8 Å². The SMILES string of the molecule is CCc1nn(C)cc1-n1c(SCC(=O)O)nnc1C(C)C. The fourth-order valence-corrected chi connectivity index (χ4v) is 2.73. The monoisotopic (exact) mass is 309 g/mol. The van der Waals surface area contributed by atoms with Crippen LogP contribution in [0.5, 0.6) is 0 Å². The Morgan fingerprint density at radius 3 is 2.71 bits per heavy atom. The van der Waals surface area contributed by atoms with Gasteiger partial charge in [-0.1, -0.05) is 32.5 Å². The highest BCUT2D eigenvalue weighted by Crippen LogP contribution is 2.27. The molecule has 0 aromatic carbocycles. The van der Waals surface area contributed by atoms with E-state index in [-0.39, 0.29) is 11.7 Å². The molecule has 0 amide bonds. The van der Waals surface area contributed by atoms with Crippen LogP contribution < -0.4 is 0 Å². The number of hydrogen-bond acceptors (Lipinski definition) is 5. The highest BCUT2D eigenvalue weighted by atomic mass is 32.2. The molecule has 21 heavy (non-hydrogen) atoms. The minimum Gasteiger partial charge on any atom is -0.481 e. The lowest BCUT2D eigenvalue weighted by Crippen LogP contribution is -2.07. The summed E-state index contributed by atoms with van der Waals surface area (Å²) in [6, 6.07) is 0. The van der Waals surface area contributed by atoms with Crippen LogP contribution in [0, 0.1) is 0 Å². The molecule has 0 fully saturated rings. The van der Waals surface area contributed by atoms with Gasteiger partial charge in [-0.2, -0.15) is 5.10 Å². The molecule has 2 heterocycles. The van der Waals surface area contributed by atoms with E-state index in [1.54, 1.807) is 4.68 Å². The van der Waals surface area contributed by atoms with Crippen LogP contribution in [0.25, 0.3) is 5.69 Å². The zero-order valence-corrected chi connectivity index (χ0v) is 13.4. The van der Waals surface area contributed by atoms with Gasteiger partial charge in [-0.15, -0.1) is 10.2 Å². The van der Waals surface area contributed by atoms with Gasteiger partial charge in [-0.05, 0) is 6.42 Å². The second-order valence-corrected chi connectivity index (χ2v) is 5.94. The zero-order chi connectivity index (χ0) is 15.6. The summed E-state index contributed by atoms with van der Waals surface area (Å²) >= 11 is 1.17. The maximum absolute atomic E-state index is 10.8. The summed E-state index contributed by atoms with van der Waals surface area (Å²) in [7, 11) is 1.87. The molecule has 2 aromatic rings. The molecule has 0 saturated carbocycles. The molecule has 7 nitrogen and oxygen atoms in total. The van der Waals surface area contributed by atoms with E-state index in [1.165, 1.54) is 11.8 Å². The molecule has 2 rings (SSSR count). The zero-order valence-electron chi connectivity index (χ0n) is 12.6. The number of carboxylic acids is 1. The van der Waals surface area contributed by atoms with Crippen LogP contribution in [0.1, 0.15) is 38.2 Å². The summed E-state index contributed by atoms with van der Waals surface area (Å²) in [5.41, 5.74) is 1.86. The first kappa shape index (κ1) is 15.6. The van der Waals surface area contributed by atoms with Crippen molar-refractivity contribution >= 4 is 17.7 Å². The van der Waals surface area contributed by atoms with Gasteiger partial charge in [0.25, 0.3) is 0 Å². The molecular formula is C13H19N5O2S. The third-order valence-corrected chi connectivity index (χ3v) is 3.87. The van der Waals surface area contributed by atoms with Gasteiger partial charge in [0.2, 0.25) is 0 Å². The third-order valence-electron chi connectivity index (χ3n) is 2.96. The van der Waals surface area contributed by atoms with Crippen molar-refractivity contribution in [1.82, 2.24) is 24.5 Å². The van der Waals surface area contributed by atoms with E-state index in [9.17, 15) is 4.79 Å². The molecule has 0 radical (unpaired) electrons. The first-order valence-electron chi connectivity index (χ1n) is 6.76. The number of nitrogens with zero attached hydrogens (tertiary/aromatic N) is 5. The normalized spacial score (nSPS) is 11.3. The summed E-state index contributed by atoms with van der Waals surface area (Å²) in [6.45, 7) is 6.11. The largest absolute Gasteiger partial charge is 0.481 e. The Morgan fingerprint density at radius 2 is 2.14 bits per heavy atom. The van der Waals surface area contributed by atoms with Gasteiger partial charge in [-0.3, -0.25) is 14.0 Å². The van der Waals surface area contributed by atoms with Gasteiger partial charge < -0.3 is 5.11 Å². The first-order valence-corrected chi connectivity index (χ1v) is 7.75. The highest BCUT2D eigenvalue weighted by molar-refractivity contribution is 7.99. The smallest absolute Gasteiger partial charge is 0.313 e. The third kappa shape index (κ3) is 3.26. The van der Waals surface area contributed by atoms with E-state index in [0.29, 0.717) is 5.16 Å². The Kier molecular flexibility index (Phi) is 4.66. The van der Waals surface area contributed by atoms with Crippen molar-refractivity contribution < 1.29 is 9.90 Å². The van der Waals surface area contributed by atoms with E-state index < -0.39 is 5.97 Å². The maximum atomic E-state index is 10.8. The van der Waals surface area contributed by atoms with Crippen molar-refractivity contribution in [2.24, 2.45) is 7.05 Å². The highest BCUT2D eigenvalue weighted by Gasteiger charge is 2.21. The molecule has 0 atom stereocenters. The second kappa shape index (κ2) is 6.30. The molecule has 0 spiro atoms. The number of carboxylic acid groups (broad SMARTS) is 1. The van der Waals surface area contributed by atoms with Gasteiger partial charge in [0.1, 0.15) is 5.82 Å². The molecule has 0 bridgehead atoms. The quantitative estimate of drug-likeness (QED) is 0.820. The van der Waals surface area contributed by atoms with Crippen molar-refractivity contribution in [3.63, 3.8) is 0 Å².